The van der Waals surface area contributed by atoms with Crippen LogP contribution in [0.4, 0.5) is 0 Å². The Kier molecular flexibility index (Phi) is 5.15. The molecule has 2 aliphatic rings. The monoisotopic (exact) mass is 340 g/mol. The van der Waals surface area contributed by atoms with Crippen LogP contribution in [0.1, 0.15) is 11.3 Å². The van der Waals surface area contributed by atoms with E-state index in [9.17, 15) is 0 Å². The van der Waals surface area contributed by atoms with Gasteiger partial charge in [-0.15, -0.1) is 0 Å². The second kappa shape index (κ2) is 7.68. The van der Waals surface area contributed by atoms with Crippen molar-refractivity contribution in [2.75, 3.05) is 52.5 Å². The molecular formula is C20H28N4O. The van der Waals surface area contributed by atoms with Gasteiger partial charge in [0.05, 0.1) is 24.6 Å². The molecule has 4 rings (SSSR count). The minimum Gasteiger partial charge on any atom is -0.379 e. The van der Waals surface area contributed by atoms with E-state index >= 15 is 0 Å². The fraction of sp³-hybridized carbons (Fsp3) is 0.550. The first-order chi connectivity index (χ1) is 12.3. The molecule has 0 amide bonds. The van der Waals surface area contributed by atoms with Crippen LogP contribution in [0.5, 0.6) is 0 Å². The maximum absolute atomic E-state index is 5.44. The Balaban J connectivity index is 1.43. The van der Waals surface area contributed by atoms with E-state index < -0.39 is 0 Å². The lowest BCUT2D eigenvalue weighted by Gasteiger charge is -2.29. The van der Waals surface area contributed by atoms with Gasteiger partial charge in [-0.25, -0.2) is 0 Å². The van der Waals surface area contributed by atoms with Crippen LogP contribution in [-0.2, 0) is 24.6 Å². The molecule has 1 aromatic heterocycles. The van der Waals surface area contributed by atoms with Crippen LogP contribution in [0.3, 0.4) is 0 Å². The summed E-state index contributed by atoms with van der Waals surface area (Å²) in [7, 11) is 2.08. The zero-order valence-corrected chi connectivity index (χ0v) is 15.2. The van der Waals surface area contributed by atoms with Crippen LogP contribution in [0.15, 0.2) is 30.3 Å². The van der Waals surface area contributed by atoms with Crippen LogP contribution < -0.4 is 0 Å². The molecule has 1 fully saturated rings. The van der Waals surface area contributed by atoms with Crippen molar-refractivity contribution in [1.29, 1.82) is 0 Å². The molecule has 5 nitrogen and oxygen atoms in total. The SMILES string of the molecule is Cn1nc2c(c1-c1ccccc1)CCN(CCN1CCOCC1)CC2. The summed E-state index contributed by atoms with van der Waals surface area (Å²) < 4.78 is 7.52. The molecule has 0 N–H and O–H groups in total. The van der Waals surface area contributed by atoms with Crippen molar-refractivity contribution in [2.45, 2.75) is 12.8 Å². The van der Waals surface area contributed by atoms with Crippen LogP contribution in [-0.4, -0.2) is 72.1 Å². The Labute approximate surface area is 150 Å². The van der Waals surface area contributed by atoms with Gasteiger partial charge in [-0.1, -0.05) is 30.3 Å². The molecule has 25 heavy (non-hydrogen) atoms. The molecule has 0 atom stereocenters. The van der Waals surface area contributed by atoms with E-state index in [1.54, 1.807) is 0 Å². The highest BCUT2D eigenvalue weighted by molar-refractivity contribution is 5.64. The Morgan fingerprint density at radius 3 is 2.36 bits per heavy atom. The minimum absolute atomic E-state index is 0.885. The highest BCUT2D eigenvalue weighted by atomic mass is 16.5. The van der Waals surface area contributed by atoms with Crippen molar-refractivity contribution in [3.8, 4) is 11.3 Å². The van der Waals surface area contributed by atoms with Gasteiger partial charge in [0.2, 0.25) is 0 Å². The summed E-state index contributed by atoms with van der Waals surface area (Å²) >= 11 is 0. The van der Waals surface area contributed by atoms with Crippen molar-refractivity contribution >= 4 is 0 Å². The number of nitrogens with zero attached hydrogens (tertiary/aromatic N) is 4. The predicted molar refractivity (Wildman–Crippen MR) is 99.8 cm³/mol. The van der Waals surface area contributed by atoms with Gasteiger partial charge in [0.1, 0.15) is 0 Å². The van der Waals surface area contributed by atoms with E-state index in [1.165, 1.54) is 22.5 Å². The van der Waals surface area contributed by atoms with Gasteiger partial charge in [-0.05, 0) is 6.42 Å². The fourth-order valence-corrected chi connectivity index (χ4v) is 4.02. The Bertz CT molecular complexity index is 691. The lowest BCUT2D eigenvalue weighted by atomic mass is 10.0. The smallest absolute Gasteiger partial charge is 0.0714 e. The van der Waals surface area contributed by atoms with Crippen LogP contribution >= 0.6 is 0 Å². The standard InChI is InChI=1S/C20H28N4O/c1-22-20(17-5-3-2-4-6-17)18-7-9-23(10-8-19(18)21-22)11-12-24-13-15-25-16-14-24/h2-6H,7-16H2,1H3. The van der Waals surface area contributed by atoms with E-state index in [0.29, 0.717) is 0 Å². The minimum atomic E-state index is 0.885. The Hall–Kier alpha value is -1.69. The van der Waals surface area contributed by atoms with Gasteiger partial charge < -0.3 is 9.64 Å². The number of rotatable bonds is 4. The van der Waals surface area contributed by atoms with Crippen molar-refractivity contribution in [3.05, 3.63) is 41.6 Å². The molecule has 0 spiro atoms. The first-order valence-electron chi connectivity index (χ1n) is 9.44. The maximum Gasteiger partial charge on any atom is 0.0714 e. The second-order valence-corrected chi connectivity index (χ2v) is 7.06. The quantitative estimate of drug-likeness (QED) is 0.850. The molecule has 0 bridgehead atoms. The summed E-state index contributed by atoms with van der Waals surface area (Å²) in [6, 6.07) is 10.7. The summed E-state index contributed by atoms with van der Waals surface area (Å²) in [4.78, 5) is 5.13. The van der Waals surface area contributed by atoms with Gasteiger partial charge in [-0.2, -0.15) is 5.10 Å². The van der Waals surface area contributed by atoms with Crippen LogP contribution in [0, 0.1) is 0 Å². The van der Waals surface area contributed by atoms with Crippen molar-refractivity contribution < 1.29 is 4.74 Å². The normalized spacial score (nSPS) is 19.6. The van der Waals surface area contributed by atoms with Crippen molar-refractivity contribution in [3.63, 3.8) is 0 Å². The Morgan fingerprint density at radius 2 is 1.60 bits per heavy atom. The molecule has 0 saturated carbocycles. The number of aromatic nitrogens is 2. The highest BCUT2D eigenvalue weighted by Gasteiger charge is 2.22. The van der Waals surface area contributed by atoms with Crippen molar-refractivity contribution in [2.24, 2.45) is 7.05 Å². The molecular weight excluding hydrogens is 312 g/mol. The predicted octanol–water partition coefficient (Wildman–Crippen LogP) is 1.82. The molecule has 0 radical (unpaired) electrons. The number of benzene rings is 1. The van der Waals surface area contributed by atoms with E-state index in [2.05, 4.69) is 51.9 Å². The first kappa shape index (κ1) is 16.8. The van der Waals surface area contributed by atoms with Gasteiger partial charge >= 0.3 is 0 Å². The summed E-state index contributed by atoms with van der Waals surface area (Å²) in [6.07, 6.45) is 2.15. The van der Waals surface area contributed by atoms with Gasteiger partial charge in [0.25, 0.3) is 0 Å². The average molecular weight is 340 g/mol. The summed E-state index contributed by atoms with van der Waals surface area (Å²) in [5.74, 6) is 0. The molecule has 2 aromatic rings. The lowest BCUT2D eigenvalue weighted by molar-refractivity contribution is 0.0335. The first-order valence-corrected chi connectivity index (χ1v) is 9.44. The zero-order chi connectivity index (χ0) is 17.1. The largest absolute Gasteiger partial charge is 0.379 e. The van der Waals surface area contributed by atoms with E-state index in [4.69, 9.17) is 9.84 Å². The molecule has 1 saturated heterocycles. The number of hydrogen-bond donors (Lipinski definition) is 0. The van der Waals surface area contributed by atoms with Crippen LogP contribution in [0.2, 0.25) is 0 Å². The molecule has 3 heterocycles. The summed E-state index contributed by atoms with van der Waals surface area (Å²) in [6.45, 7) is 8.47. The third-order valence-corrected chi connectivity index (χ3v) is 5.45. The second-order valence-electron chi connectivity index (χ2n) is 7.06. The third kappa shape index (κ3) is 3.78. The van der Waals surface area contributed by atoms with E-state index in [0.717, 1.165) is 65.3 Å². The lowest BCUT2D eigenvalue weighted by Crippen LogP contribution is -2.42. The maximum atomic E-state index is 5.44. The topological polar surface area (TPSA) is 33.5 Å². The van der Waals surface area contributed by atoms with Gasteiger partial charge in [0, 0.05) is 63.9 Å². The third-order valence-electron chi connectivity index (χ3n) is 5.45. The summed E-state index contributed by atoms with van der Waals surface area (Å²) in [5, 5.41) is 4.84. The highest BCUT2D eigenvalue weighted by Crippen LogP contribution is 2.28. The number of aryl methyl sites for hydroxylation is 1. The van der Waals surface area contributed by atoms with Crippen LogP contribution in [0.25, 0.3) is 11.3 Å². The summed E-state index contributed by atoms with van der Waals surface area (Å²) in [5.41, 5.74) is 5.31. The molecule has 5 heteroatoms. The number of ether oxygens (including phenoxy) is 1. The number of hydrogen-bond acceptors (Lipinski definition) is 4. The number of morpholine rings is 1. The average Bonchev–Trinajstić information content (AvgIpc) is 2.85. The molecule has 2 aliphatic heterocycles. The number of fused-ring (bicyclic) bond motifs is 1. The molecule has 1 aromatic carbocycles. The molecule has 134 valence electrons. The zero-order valence-electron chi connectivity index (χ0n) is 15.2. The van der Waals surface area contributed by atoms with Gasteiger partial charge in [0.15, 0.2) is 0 Å². The fourth-order valence-electron chi connectivity index (χ4n) is 4.02. The molecule has 0 unspecified atom stereocenters. The van der Waals surface area contributed by atoms with E-state index in [1.807, 2.05) is 0 Å². The van der Waals surface area contributed by atoms with Crippen molar-refractivity contribution in [1.82, 2.24) is 19.6 Å². The van der Waals surface area contributed by atoms with E-state index in [-0.39, 0.29) is 0 Å². The van der Waals surface area contributed by atoms with Gasteiger partial charge in [-0.3, -0.25) is 9.58 Å². The Morgan fingerprint density at radius 1 is 0.920 bits per heavy atom. The molecule has 0 aliphatic carbocycles.